The van der Waals surface area contributed by atoms with Crippen LogP contribution >= 0.6 is 0 Å². The van der Waals surface area contributed by atoms with Gasteiger partial charge in [-0.25, -0.2) is 9.18 Å². The van der Waals surface area contributed by atoms with Gasteiger partial charge in [-0.15, -0.1) is 0 Å². The number of nitrogens with zero attached hydrogens (tertiary/aromatic N) is 1. The lowest BCUT2D eigenvalue weighted by atomic mass is 9.66. The highest BCUT2D eigenvalue weighted by atomic mass is 19.1. The van der Waals surface area contributed by atoms with Crippen LogP contribution in [0.15, 0.2) is 48.5 Å². The minimum Gasteiger partial charge on any atom is -0.423 e. The average Bonchev–Trinajstić information content (AvgIpc) is 3.08. The summed E-state index contributed by atoms with van der Waals surface area (Å²) in [6.07, 6.45) is 3.97. The van der Waals surface area contributed by atoms with Crippen molar-refractivity contribution in [1.29, 1.82) is 0 Å². The van der Waals surface area contributed by atoms with Gasteiger partial charge in [0, 0.05) is 18.5 Å². The summed E-state index contributed by atoms with van der Waals surface area (Å²) in [7, 11) is 4.00. The highest BCUT2D eigenvalue weighted by molar-refractivity contribution is 5.90. The van der Waals surface area contributed by atoms with Gasteiger partial charge in [-0.2, -0.15) is 0 Å². The molecular formula is C24H28FNO3. The van der Waals surface area contributed by atoms with Crippen LogP contribution in [0.5, 0.6) is 5.75 Å². The molecule has 2 aromatic rings. The third-order valence-electron chi connectivity index (χ3n) is 6.52. The van der Waals surface area contributed by atoms with Gasteiger partial charge in [0.1, 0.15) is 11.6 Å². The van der Waals surface area contributed by atoms with Crippen LogP contribution in [-0.4, -0.2) is 36.6 Å². The van der Waals surface area contributed by atoms with E-state index in [0.717, 1.165) is 25.8 Å². The second-order valence-electron chi connectivity index (χ2n) is 8.87. The lowest BCUT2D eigenvalue weighted by Crippen LogP contribution is -2.47. The van der Waals surface area contributed by atoms with E-state index in [0.29, 0.717) is 29.4 Å². The van der Waals surface area contributed by atoms with Crippen molar-refractivity contribution < 1.29 is 19.0 Å². The molecule has 154 valence electrons. The molecule has 0 heterocycles. The minimum absolute atomic E-state index is 0.0238. The Morgan fingerprint density at radius 3 is 2.69 bits per heavy atom. The molecule has 2 aliphatic carbocycles. The number of benzene rings is 2. The van der Waals surface area contributed by atoms with Crippen molar-refractivity contribution in [3.8, 4) is 5.75 Å². The highest BCUT2D eigenvalue weighted by Crippen LogP contribution is 2.54. The van der Waals surface area contributed by atoms with Gasteiger partial charge in [0.05, 0.1) is 11.2 Å². The Balaban J connectivity index is 1.66. The van der Waals surface area contributed by atoms with Crippen molar-refractivity contribution in [2.45, 2.75) is 31.3 Å². The molecule has 4 atom stereocenters. The molecule has 0 spiro atoms. The predicted molar refractivity (Wildman–Crippen MR) is 109 cm³/mol. The average molecular weight is 397 g/mol. The summed E-state index contributed by atoms with van der Waals surface area (Å²) in [5.41, 5.74) is -0.209. The number of carbonyl (C=O) groups is 1. The normalized spacial score (nSPS) is 28.5. The summed E-state index contributed by atoms with van der Waals surface area (Å²) < 4.78 is 19.9. The van der Waals surface area contributed by atoms with E-state index in [1.54, 1.807) is 30.3 Å². The molecular weight excluding hydrogens is 369 g/mol. The Kier molecular flexibility index (Phi) is 5.45. The summed E-state index contributed by atoms with van der Waals surface area (Å²) in [5.74, 6) is -0.00253. The predicted octanol–water partition coefficient (Wildman–Crippen LogP) is 4.23. The molecule has 29 heavy (non-hydrogen) atoms. The smallest absolute Gasteiger partial charge is 0.343 e. The molecule has 0 aromatic heterocycles. The van der Waals surface area contributed by atoms with Crippen molar-refractivity contribution in [1.82, 2.24) is 4.90 Å². The van der Waals surface area contributed by atoms with E-state index >= 15 is 0 Å². The van der Waals surface area contributed by atoms with Gasteiger partial charge in [-0.3, -0.25) is 0 Å². The maximum absolute atomic E-state index is 14.5. The molecule has 2 saturated carbocycles. The molecule has 0 amide bonds. The standard InChI is InChI=1S/C24H28FNO3/c1-26(2)15-22-18-9-8-16(10-18)14-24(22,28)19-11-20(25)13-21(12-19)29-23(27)17-6-4-3-5-7-17/h3-7,11-13,16,18,22,28H,8-10,14-15H2,1-2H3/t16?,18?,22-,24-/m0/s1. The van der Waals surface area contributed by atoms with Crippen LogP contribution in [-0.2, 0) is 5.60 Å². The van der Waals surface area contributed by atoms with E-state index in [1.165, 1.54) is 12.1 Å². The fourth-order valence-corrected chi connectivity index (χ4v) is 5.28. The van der Waals surface area contributed by atoms with Crippen molar-refractivity contribution in [3.05, 3.63) is 65.5 Å². The molecule has 4 rings (SSSR count). The first-order valence-electron chi connectivity index (χ1n) is 10.3. The maximum atomic E-state index is 14.5. The monoisotopic (exact) mass is 397 g/mol. The molecule has 2 aromatic carbocycles. The number of hydrogen-bond acceptors (Lipinski definition) is 4. The van der Waals surface area contributed by atoms with Gasteiger partial charge < -0.3 is 14.7 Å². The quantitative estimate of drug-likeness (QED) is 0.606. The fraction of sp³-hybridized carbons (Fsp3) is 0.458. The van der Waals surface area contributed by atoms with Crippen LogP contribution in [0.3, 0.4) is 0 Å². The number of hydrogen-bond donors (Lipinski definition) is 1. The van der Waals surface area contributed by atoms with Crippen LogP contribution in [0.2, 0.25) is 0 Å². The Bertz CT molecular complexity index is 885. The molecule has 2 bridgehead atoms. The molecule has 0 saturated heterocycles. The SMILES string of the molecule is CN(C)C[C@H]1C2CCC(C2)C[C@]1(O)c1cc(F)cc(OC(=O)c2ccccc2)c1. The zero-order valence-electron chi connectivity index (χ0n) is 17.0. The summed E-state index contributed by atoms with van der Waals surface area (Å²) in [6, 6.07) is 12.9. The largest absolute Gasteiger partial charge is 0.423 e. The number of fused-ring (bicyclic) bond motifs is 2. The third-order valence-corrected chi connectivity index (χ3v) is 6.52. The van der Waals surface area contributed by atoms with E-state index in [2.05, 4.69) is 4.90 Å². The lowest BCUT2D eigenvalue weighted by Gasteiger charge is -2.45. The van der Waals surface area contributed by atoms with E-state index in [1.807, 2.05) is 20.2 Å². The highest BCUT2D eigenvalue weighted by Gasteiger charge is 2.51. The van der Waals surface area contributed by atoms with Crippen LogP contribution in [0.1, 0.15) is 41.6 Å². The Hall–Kier alpha value is -2.24. The topological polar surface area (TPSA) is 49.8 Å². The molecule has 1 N–H and O–H groups in total. The molecule has 4 nitrogen and oxygen atoms in total. The summed E-state index contributed by atoms with van der Waals surface area (Å²) in [5, 5.41) is 11.8. The van der Waals surface area contributed by atoms with Crippen molar-refractivity contribution in [2.24, 2.45) is 17.8 Å². The Morgan fingerprint density at radius 1 is 1.21 bits per heavy atom. The number of carbonyl (C=O) groups excluding carboxylic acids is 1. The first kappa shape index (κ1) is 20.0. The Labute approximate surface area is 171 Å². The molecule has 2 fully saturated rings. The first-order chi connectivity index (χ1) is 13.8. The molecule has 5 heteroatoms. The van der Waals surface area contributed by atoms with Crippen molar-refractivity contribution in [3.63, 3.8) is 0 Å². The van der Waals surface area contributed by atoms with Gasteiger partial charge in [0.2, 0.25) is 0 Å². The number of esters is 1. The lowest BCUT2D eigenvalue weighted by molar-refractivity contribution is -0.0893. The van der Waals surface area contributed by atoms with Crippen molar-refractivity contribution in [2.75, 3.05) is 20.6 Å². The molecule has 0 radical (unpaired) electrons. The van der Waals surface area contributed by atoms with Crippen LogP contribution in [0.4, 0.5) is 4.39 Å². The van der Waals surface area contributed by atoms with E-state index < -0.39 is 17.4 Å². The number of rotatable bonds is 5. The molecule has 2 aliphatic rings. The number of halogens is 1. The zero-order valence-corrected chi connectivity index (χ0v) is 17.0. The Morgan fingerprint density at radius 2 is 1.97 bits per heavy atom. The van der Waals surface area contributed by atoms with Gasteiger partial charge in [-0.1, -0.05) is 24.6 Å². The van der Waals surface area contributed by atoms with Gasteiger partial charge in [0.15, 0.2) is 0 Å². The zero-order chi connectivity index (χ0) is 20.6. The van der Waals surface area contributed by atoms with E-state index in [9.17, 15) is 14.3 Å². The third kappa shape index (κ3) is 4.07. The van der Waals surface area contributed by atoms with E-state index in [4.69, 9.17) is 4.74 Å². The number of ether oxygens (including phenoxy) is 1. The van der Waals surface area contributed by atoms with Gasteiger partial charge in [0.25, 0.3) is 0 Å². The van der Waals surface area contributed by atoms with E-state index in [-0.39, 0.29) is 11.7 Å². The second kappa shape index (κ2) is 7.88. The van der Waals surface area contributed by atoms with Gasteiger partial charge in [-0.05, 0) is 75.0 Å². The summed E-state index contributed by atoms with van der Waals surface area (Å²) in [4.78, 5) is 14.5. The first-order valence-corrected chi connectivity index (χ1v) is 10.3. The molecule has 0 aliphatic heterocycles. The minimum atomic E-state index is -1.12. The van der Waals surface area contributed by atoms with Gasteiger partial charge >= 0.3 is 5.97 Å². The second-order valence-corrected chi connectivity index (χ2v) is 8.87. The van der Waals surface area contributed by atoms with Crippen molar-refractivity contribution >= 4 is 5.97 Å². The van der Waals surface area contributed by atoms with Crippen LogP contribution < -0.4 is 4.74 Å². The summed E-state index contributed by atoms with van der Waals surface area (Å²) >= 11 is 0. The van der Waals surface area contributed by atoms with Crippen LogP contribution in [0.25, 0.3) is 0 Å². The fourth-order valence-electron chi connectivity index (χ4n) is 5.28. The maximum Gasteiger partial charge on any atom is 0.343 e. The van der Waals surface area contributed by atoms with Crippen LogP contribution in [0, 0.1) is 23.6 Å². The summed E-state index contributed by atoms with van der Waals surface area (Å²) in [6.45, 7) is 0.740. The molecule has 2 unspecified atom stereocenters. The number of aliphatic hydroxyl groups is 1.